The van der Waals surface area contributed by atoms with Crippen molar-refractivity contribution in [2.45, 2.75) is 0 Å². The Kier molecular flexibility index (Phi) is 4.48. The number of halogens is 1. The number of hydrogen-bond donors (Lipinski definition) is 0. The highest BCUT2D eigenvalue weighted by Gasteiger charge is 2.14. The molecule has 0 radical (unpaired) electrons. The zero-order chi connectivity index (χ0) is 18.9. The molecule has 2 heteroatoms. The van der Waals surface area contributed by atoms with E-state index in [2.05, 4.69) is 91.0 Å². The summed E-state index contributed by atoms with van der Waals surface area (Å²) in [5, 5.41) is 3.29. The molecule has 134 valence electrons. The van der Waals surface area contributed by atoms with Crippen LogP contribution in [0.15, 0.2) is 103 Å². The van der Waals surface area contributed by atoms with Crippen LogP contribution in [-0.2, 0) is 0 Å². The van der Waals surface area contributed by atoms with Gasteiger partial charge in [0.1, 0.15) is 0 Å². The molecular formula is C26H17ClS. The fourth-order valence-electron chi connectivity index (χ4n) is 3.52. The molecule has 0 saturated carbocycles. The summed E-state index contributed by atoms with van der Waals surface area (Å²) in [5.41, 5.74) is 4.95. The molecule has 0 aliphatic rings. The van der Waals surface area contributed by atoms with E-state index in [1.165, 1.54) is 42.8 Å². The Hall–Kier alpha value is -2.87. The maximum Gasteiger partial charge on any atom is 0.0428 e. The van der Waals surface area contributed by atoms with Gasteiger partial charge in [0.15, 0.2) is 0 Å². The maximum atomic E-state index is 6.09. The van der Waals surface area contributed by atoms with Gasteiger partial charge in [-0.15, -0.1) is 11.3 Å². The molecule has 5 aromatic rings. The normalized spacial score (nSPS) is 11.0. The summed E-state index contributed by atoms with van der Waals surface area (Å²) < 4.78 is 0. The van der Waals surface area contributed by atoms with Crippen LogP contribution in [0.25, 0.3) is 42.8 Å². The summed E-state index contributed by atoms with van der Waals surface area (Å²) >= 11 is 7.92. The molecule has 0 aliphatic carbocycles. The van der Waals surface area contributed by atoms with Gasteiger partial charge in [-0.1, -0.05) is 90.5 Å². The highest BCUT2D eigenvalue weighted by atomic mass is 35.5. The lowest BCUT2D eigenvalue weighted by atomic mass is 9.99. The molecular weight excluding hydrogens is 380 g/mol. The first-order chi connectivity index (χ1) is 13.8. The average molecular weight is 397 g/mol. The van der Waals surface area contributed by atoms with Gasteiger partial charge in [0, 0.05) is 20.3 Å². The third kappa shape index (κ3) is 3.24. The first-order valence-corrected chi connectivity index (χ1v) is 10.4. The quantitative estimate of drug-likeness (QED) is 0.286. The van der Waals surface area contributed by atoms with Gasteiger partial charge in [0.25, 0.3) is 0 Å². The summed E-state index contributed by atoms with van der Waals surface area (Å²) in [6.07, 6.45) is 0. The third-order valence-electron chi connectivity index (χ3n) is 4.96. The second-order valence-corrected chi connectivity index (χ2v) is 8.28. The van der Waals surface area contributed by atoms with Gasteiger partial charge in [0.2, 0.25) is 0 Å². The van der Waals surface area contributed by atoms with Crippen LogP contribution in [-0.4, -0.2) is 0 Å². The first kappa shape index (κ1) is 17.2. The van der Waals surface area contributed by atoms with Crippen LogP contribution in [0.2, 0.25) is 5.02 Å². The van der Waals surface area contributed by atoms with Gasteiger partial charge < -0.3 is 0 Å². The van der Waals surface area contributed by atoms with Gasteiger partial charge in [-0.25, -0.2) is 0 Å². The molecule has 0 aliphatic heterocycles. The molecule has 1 aromatic heterocycles. The highest BCUT2D eigenvalue weighted by Crippen LogP contribution is 2.44. The second-order valence-electron chi connectivity index (χ2n) is 6.79. The number of rotatable bonds is 3. The van der Waals surface area contributed by atoms with Gasteiger partial charge in [-0.2, -0.15) is 0 Å². The van der Waals surface area contributed by atoms with Crippen molar-refractivity contribution in [3.05, 3.63) is 108 Å². The highest BCUT2D eigenvalue weighted by molar-refractivity contribution is 7.19. The van der Waals surface area contributed by atoms with Crippen molar-refractivity contribution in [1.82, 2.24) is 0 Å². The summed E-state index contributed by atoms with van der Waals surface area (Å²) in [7, 11) is 0. The van der Waals surface area contributed by atoms with E-state index in [4.69, 9.17) is 11.6 Å². The van der Waals surface area contributed by atoms with Crippen molar-refractivity contribution >= 4 is 33.7 Å². The molecule has 0 N–H and O–H groups in total. The Bertz CT molecular complexity index is 1250. The second kappa shape index (κ2) is 7.27. The number of fused-ring (bicyclic) bond motifs is 1. The summed E-state index contributed by atoms with van der Waals surface area (Å²) in [5.74, 6) is 0. The molecule has 1 heterocycles. The van der Waals surface area contributed by atoms with E-state index in [9.17, 15) is 0 Å². The number of thiophene rings is 1. The van der Waals surface area contributed by atoms with E-state index in [1.807, 2.05) is 23.5 Å². The van der Waals surface area contributed by atoms with Crippen LogP contribution < -0.4 is 0 Å². The van der Waals surface area contributed by atoms with Gasteiger partial charge in [-0.3, -0.25) is 0 Å². The smallest absolute Gasteiger partial charge is 0.0428 e. The predicted molar refractivity (Wildman–Crippen MR) is 123 cm³/mol. The van der Waals surface area contributed by atoms with Crippen molar-refractivity contribution in [2.75, 3.05) is 0 Å². The van der Waals surface area contributed by atoms with Crippen molar-refractivity contribution in [3.8, 4) is 32.0 Å². The lowest BCUT2D eigenvalue weighted by molar-refractivity contribution is 1.65. The van der Waals surface area contributed by atoms with Crippen molar-refractivity contribution in [1.29, 1.82) is 0 Å². The topological polar surface area (TPSA) is 0 Å². The zero-order valence-electron chi connectivity index (χ0n) is 15.1. The lowest BCUT2D eigenvalue weighted by Gasteiger charge is -2.06. The van der Waals surface area contributed by atoms with E-state index in [-0.39, 0.29) is 0 Å². The number of hydrogen-bond acceptors (Lipinski definition) is 1. The standard InChI is InChI=1S/C26H17ClS/c27-23-14-12-20(13-15-23)25-17-24(19-7-2-1-3-8-19)26(28-25)22-11-10-18-6-4-5-9-21(18)16-22/h1-17H. The molecule has 4 aromatic carbocycles. The molecule has 5 rings (SSSR count). The fourth-order valence-corrected chi connectivity index (χ4v) is 4.83. The van der Waals surface area contributed by atoms with Gasteiger partial charge in [-0.05, 0) is 51.7 Å². The van der Waals surface area contributed by atoms with Crippen molar-refractivity contribution < 1.29 is 0 Å². The van der Waals surface area contributed by atoms with Crippen LogP contribution in [0, 0.1) is 0 Å². The minimum atomic E-state index is 0.762. The Balaban J connectivity index is 1.71. The number of benzene rings is 4. The van der Waals surface area contributed by atoms with Gasteiger partial charge in [0.05, 0.1) is 0 Å². The minimum absolute atomic E-state index is 0.762. The molecule has 0 nitrogen and oxygen atoms in total. The van der Waals surface area contributed by atoms with Crippen molar-refractivity contribution in [3.63, 3.8) is 0 Å². The molecule has 0 fully saturated rings. The zero-order valence-corrected chi connectivity index (χ0v) is 16.7. The van der Waals surface area contributed by atoms with E-state index in [1.54, 1.807) is 0 Å². The van der Waals surface area contributed by atoms with Crippen molar-refractivity contribution in [2.24, 2.45) is 0 Å². The van der Waals surface area contributed by atoms with E-state index < -0.39 is 0 Å². The van der Waals surface area contributed by atoms with E-state index in [0.29, 0.717) is 0 Å². The van der Waals surface area contributed by atoms with Crippen LogP contribution in [0.4, 0.5) is 0 Å². The molecule has 0 amide bonds. The lowest BCUT2D eigenvalue weighted by Crippen LogP contribution is -1.80. The van der Waals surface area contributed by atoms with Crippen LogP contribution in [0.5, 0.6) is 0 Å². The van der Waals surface area contributed by atoms with Gasteiger partial charge >= 0.3 is 0 Å². The molecule has 0 atom stereocenters. The molecule has 0 bridgehead atoms. The Morgan fingerprint density at radius 2 is 1.21 bits per heavy atom. The summed E-state index contributed by atoms with van der Waals surface area (Å²) in [6.45, 7) is 0. The Morgan fingerprint density at radius 3 is 2.00 bits per heavy atom. The Labute approximate surface area is 173 Å². The monoisotopic (exact) mass is 396 g/mol. The molecule has 28 heavy (non-hydrogen) atoms. The van der Waals surface area contributed by atoms with E-state index >= 15 is 0 Å². The third-order valence-corrected chi connectivity index (χ3v) is 6.44. The average Bonchev–Trinajstić information content (AvgIpc) is 3.20. The molecule has 0 saturated heterocycles. The SMILES string of the molecule is Clc1ccc(-c2cc(-c3ccccc3)c(-c3ccc4ccccc4c3)s2)cc1. The molecule has 0 unspecified atom stereocenters. The Morgan fingerprint density at radius 1 is 0.536 bits per heavy atom. The van der Waals surface area contributed by atoms with Crippen LogP contribution in [0.1, 0.15) is 0 Å². The largest absolute Gasteiger partial charge is 0.135 e. The maximum absolute atomic E-state index is 6.09. The first-order valence-electron chi connectivity index (χ1n) is 9.22. The summed E-state index contributed by atoms with van der Waals surface area (Å²) in [4.78, 5) is 2.54. The summed E-state index contributed by atoms with van der Waals surface area (Å²) in [6, 6.07) is 36.2. The predicted octanol–water partition coefficient (Wildman–Crippen LogP) is 8.56. The molecule has 0 spiro atoms. The fraction of sp³-hybridized carbons (Fsp3) is 0. The minimum Gasteiger partial charge on any atom is -0.135 e. The van der Waals surface area contributed by atoms with E-state index in [0.717, 1.165) is 5.02 Å². The van der Waals surface area contributed by atoms with Crippen LogP contribution in [0.3, 0.4) is 0 Å². The van der Waals surface area contributed by atoms with Crippen LogP contribution >= 0.6 is 22.9 Å².